The van der Waals surface area contributed by atoms with Crippen molar-refractivity contribution in [2.45, 2.75) is 11.6 Å². The summed E-state index contributed by atoms with van der Waals surface area (Å²) in [5, 5.41) is 40.0. The Hall–Kier alpha value is -2.41. The van der Waals surface area contributed by atoms with Crippen molar-refractivity contribution in [3.8, 4) is 11.5 Å². The second-order valence-electron chi connectivity index (χ2n) is 4.79. The standard InChI is InChI=1S/C15H12O6/c16-10-7-5-9(6-8-10)14(18)13(17)11-3-1-2-4-12(11)21-15(14,19)20/h1-8,16,18-20H. The number of fused-ring (bicyclic) bond motifs is 1. The molecule has 108 valence electrons. The molecule has 4 N–H and O–H groups in total. The highest BCUT2D eigenvalue weighted by Gasteiger charge is 2.62. The number of benzene rings is 2. The van der Waals surface area contributed by atoms with Gasteiger partial charge in [0.25, 0.3) is 0 Å². The number of carbonyl (C=O) groups excluding carboxylic acids is 1. The molecule has 0 aliphatic carbocycles. The van der Waals surface area contributed by atoms with Crippen LogP contribution < -0.4 is 4.74 Å². The van der Waals surface area contributed by atoms with Gasteiger partial charge in [0, 0.05) is 5.56 Å². The van der Waals surface area contributed by atoms with Gasteiger partial charge in [-0.2, -0.15) is 0 Å². The van der Waals surface area contributed by atoms with Crippen LogP contribution in [0.2, 0.25) is 0 Å². The number of hydrogen-bond acceptors (Lipinski definition) is 6. The second kappa shape index (κ2) is 4.29. The van der Waals surface area contributed by atoms with Crippen LogP contribution in [0.15, 0.2) is 48.5 Å². The molecule has 0 fully saturated rings. The zero-order valence-corrected chi connectivity index (χ0v) is 10.7. The lowest BCUT2D eigenvalue weighted by atomic mass is 9.81. The van der Waals surface area contributed by atoms with Gasteiger partial charge < -0.3 is 25.2 Å². The van der Waals surface area contributed by atoms with Crippen molar-refractivity contribution in [1.29, 1.82) is 0 Å². The zero-order chi connectivity index (χ0) is 15.3. The summed E-state index contributed by atoms with van der Waals surface area (Å²) in [6.45, 7) is 0. The Morgan fingerprint density at radius 1 is 0.905 bits per heavy atom. The van der Waals surface area contributed by atoms with E-state index in [-0.39, 0.29) is 22.6 Å². The molecule has 2 aromatic carbocycles. The van der Waals surface area contributed by atoms with E-state index in [0.29, 0.717) is 0 Å². The molecular formula is C15H12O6. The normalized spacial score (nSPS) is 23.3. The third kappa shape index (κ3) is 1.81. The quantitative estimate of drug-likeness (QED) is 0.569. The predicted molar refractivity (Wildman–Crippen MR) is 70.6 cm³/mol. The first-order valence-corrected chi connectivity index (χ1v) is 6.16. The van der Waals surface area contributed by atoms with Gasteiger partial charge >= 0.3 is 5.97 Å². The van der Waals surface area contributed by atoms with Crippen molar-refractivity contribution in [2.75, 3.05) is 0 Å². The Morgan fingerprint density at radius 3 is 2.19 bits per heavy atom. The van der Waals surface area contributed by atoms with Crippen LogP contribution in [0.3, 0.4) is 0 Å². The van der Waals surface area contributed by atoms with E-state index in [4.69, 9.17) is 4.74 Å². The molecule has 0 amide bonds. The van der Waals surface area contributed by atoms with E-state index >= 15 is 0 Å². The first-order chi connectivity index (χ1) is 9.86. The summed E-state index contributed by atoms with van der Waals surface area (Å²) in [6.07, 6.45) is 0. The van der Waals surface area contributed by atoms with Gasteiger partial charge in [-0.15, -0.1) is 0 Å². The van der Waals surface area contributed by atoms with Crippen LogP contribution in [-0.2, 0) is 5.60 Å². The van der Waals surface area contributed by atoms with E-state index < -0.39 is 17.4 Å². The lowest BCUT2D eigenvalue weighted by molar-refractivity contribution is -0.366. The number of Topliss-reactive ketones (excluding diaryl/α,β-unsaturated/α-hetero) is 1. The number of phenolic OH excluding ortho intramolecular Hbond substituents is 1. The van der Waals surface area contributed by atoms with Crippen LogP contribution in [0.4, 0.5) is 0 Å². The highest BCUT2D eigenvalue weighted by molar-refractivity contribution is 6.06. The molecule has 1 aliphatic rings. The van der Waals surface area contributed by atoms with Crippen LogP contribution in [-0.4, -0.2) is 32.2 Å². The monoisotopic (exact) mass is 288 g/mol. The average Bonchev–Trinajstić information content (AvgIpc) is 2.45. The minimum absolute atomic E-state index is 0.0315. The van der Waals surface area contributed by atoms with Crippen LogP contribution in [0.1, 0.15) is 15.9 Å². The number of ketones is 1. The molecule has 0 aromatic heterocycles. The fourth-order valence-electron chi connectivity index (χ4n) is 2.33. The first-order valence-electron chi connectivity index (χ1n) is 6.16. The van der Waals surface area contributed by atoms with E-state index in [1.165, 1.54) is 36.4 Å². The maximum atomic E-state index is 12.5. The van der Waals surface area contributed by atoms with E-state index in [2.05, 4.69) is 0 Å². The SMILES string of the molecule is O=C1c2ccccc2OC(O)(O)C1(O)c1ccc(O)cc1. The Bertz CT molecular complexity index is 706. The minimum Gasteiger partial charge on any atom is -0.508 e. The van der Waals surface area contributed by atoms with Crippen LogP contribution in [0.25, 0.3) is 0 Å². The van der Waals surface area contributed by atoms with Gasteiger partial charge in [-0.25, -0.2) is 0 Å². The van der Waals surface area contributed by atoms with Crippen LogP contribution >= 0.6 is 0 Å². The molecule has 1 unspecified atom stereocenters. The topological polar surface area (TPSA) is 107 Å². The second-order valence-corrected chi connectivity index (χ2v) is 4.79. The molecule has 6 nitrogen and oxygen atoms in total. The van der Waals surface area contributed by atoms with Crippen LogP contribution in [0, 0.1) is 0 Å². The summed E-state index contributed by atoms with van der Waals surface area (Å²) in [7, 11) is 0. The highest BCUT2D eigenvalue weighted by Crippen LogP contribution is 2.43. The maximum Gasteiger partial charge on any atom is 0.365 e. The Morgan fingerprint density at radius 2 is 1.52 bits per heavy atom. The van der Waals surface area contributed by atoms with Crippen molar-refractivity contribution in [3.05, 3.63) is 59.7 Å². The Kier molecular flexibility index (Phi) is 2.77. The fraction of sp³-hybridized carbons (Fsp3) is 0.133. The number of carbonyl (C=O) groups is 1. The molecule has 6 heteroatoms. The van der Waals surface area contributed by atoms with Gasteiger partial charge in [0.2, 0.25) is 11.4 Å². The van der Waals surface area contributed by atoms with Gasteiger partial charge in [-0.05, 0) is 24.3 Å². The largest absolute Gasteiger partial charge is 0.508 e. The number of aliphatic hydroxyl groups is 3. The minimum atomic E-state index is -3.13. The molecule has 21 heavy (non-hydrogen) atoms. The average molecular weight is 288 g/mol. The first kappa shape index (κ1) is 13.6. The van der Waals surface area contributed by atoms with Crippen LogP contribution in [0.5, 0.6) is 11.5 Å². The van der Waals surface area contributed by atoms with Gasteiger partial charge in [0.05, 0.1) is 5.56 Å². The number of para-hydroxylation sites is 1. The lowest BCUT2D eigenvalue weighted by Gasteiger charge is -2.41. The molecule has 2 aromatic rings. The summed E-state index contributed by atoms with van der Waals surface area (Å²) in [6, 6.07) is 10.8. The van der Waals surface area contributed by atoms with Crippen molar-refractivity contribution in [1.82, 2.24) is 0 Å². The summed E-state index contributed by atoms with van der Waals surface area (Å²) < 4.78 is 4.97. The molecule has 1 heterocycles. The Labute approximate surface area is 119 Å². The smallest absolute Gasteiger partial charge is 0.365 e. The molecular weight excluding hydrogens is 276 g/mol. The van der Waals surface area contributed by atoms with Gasteiger partial charge in [0.15, 0.2) is 0 Å². The molecule has 1 atom stereocenters. The third-order valence-electron chi connectivity index (χ3n) is 3.47. The maximum absolute atomic E-state index is 12.5. The lowest BCUT2D eigenvalue weighted by Crippen LogP contribution is -2.62. The molecule has 0 bridgehead atoms. The number of hydrogen-bond donors (Lipinski definition) is 4. The highest BCUT2D eigenvalue weighted by atomic mass is 16.8. The van der Waals surface area contributed by atoms with Gasteiger partial charge in [0.1, 0.15) is 11.5 Å². The summed E-state index contributed by atoms with van der Waals surface area (Å²) in [5.41, 5.74) is -2.77. The van der Waals surface area contributed by atoms with E-state index in [9.17, 15) is 25.2 Å². The fourth-order valence-corrected chi connectivity index (χ4v) is 2.33. The molecule has 1 aliphatic heterocycles. The molecule has 3 rings (SSSR count). The number of ether oxygens (including phenoxy) is 1. The van der Waals surface area contributed by atoms with E-state index in [1.54, 1.807) is 12.1 Å². The van der Waals surface area contributed by atoms with Gasteiger partial charge in [-0.1, -0.05) is 24.3 Å². The predicted octanol–water partition coefficient (Wildman–Crippen LogP) is 0.493. The van der Waals surface area contributed by atoms with Gasteiger partial charge in [-0.3, -0.25) is 4.79 Å². The Balaban J connectivity index is 2.21. The van der Waals surface area contributed by atoms with E-state index in [1.807, 2.05) is 0 Å². The van der Waals surface area contributed by atoms with Crippen molar-refractivity contribution < 1.29 is 30.0 Å². The molecule has 0 spiro atoms. The van der Waals surface area contributed by atoms with Crippen molar-refractivity contribution >= 4 is 5.78 Å². The number of rotatable bonds is 1. The summed E-state index contributed by atoms with van der Waals surface area (Å²) in [5.74, 6) is -4.15. The zero-order valence-electron chi connectivity index (χ0n) is 10.7. The summed E-state index contributed by atoms with van der Waals surface area (Å²) in [4.78, 5) is 12.5. The summed E-state index contributed by atoms with van der Waals surface area (Å²) >= 11 is 0. The number of aromatic hydroxyl groups is 1. The molecule has 0 radical (unpaired) electrons. The van der Waals surface area contributed by atoms with E-state index in [0.717, 1.165) is 0 Å². The van der Waals surface area contributed by atoms with Crippen molar-refractivity contribution in [3.63, 3.8) is 0 Å². The molecule has 0 saturated heterocycles. The van der Waals surface area contributed by atoms with Crippen molar-refractivity contribution in [2.24, 2.45) is 0 Å². The number of phenols is 1. The third-order valence-corrected chi connectivity index (χ3v) is 3.47. The molecule has 0 saturated carbocycles.